The van der Waals surface area contributed by atoms with Crippen LogP contribution in [0.4, 0.5) is 0 Å². The van der Waals surface area contributed by atoms with Crippen molar-refractivity contribution >= 4 is 59.9 Å². The fraction of sp³-hybridized carbons (Fsp3) is 0.476. The normalized spacial score (nSPS) is 27.9. The number of carboxylic acids is 8. The molecule has 0 aromatic carbocycles. The van der Waals surface area contributed by atoms with Crippen LogP contribution in [-0.2, 0) is 68.3 Å². The molecule has 0 amide bonds. The Kier molecular flexibility index (Phi) is 15.5. The van der Waals surface area contributed by atoms with Crippen molar-refractivity contribution < 1.29 is 96.3 Å². The average Bonchev–Trinajstić information content (AvgIpc) is 3.77. The first kappa shape index (κ1) is 49.3. The number of carbonyl (C=O) groups is 8. The van der Waals surface area contributed by atoms with Crippen LogP contribution in [0.25, 0.3) is 28.1 Å². The number of nitrogens with zero attached hydrogens (tertiary/aromatic N) is 4. The Hall–Kier alpha value is -6.34. The molecule has 2 fully saturated rings. The molecule has 6 atom stereocenters. The molecular formula is C42H46FeN4O16. The SMILES string of the molecule is C[C@]1(CC(=O)O)C(CCC(=O)O)=C2/C=C3\[N-]/C(=C\c4[n-]c(c(CCC(=O)O)c4CC(=O)O)/C=C4\[N-]/C(=C/C1[N-]2)[C@@H](CC(=O)O)[C@H]4CCC(=O)O)[C@@H](CCC(=O)O)[C@]3(C)CC(=O)O.[Fe+4]. The van der Waals surface area contributed by atoms with Crippen LogP contribution in [0.1, 0.15) is 101 Å². The molecular weight excluding hydrogens is 872 g/mol. The Morgan fingerprint density at radius 2 is 1.13 bits per heavy atom. The smallest absolute Gasteiger partial charge is 0.678 e. The zero-order valence-electron chi connectivity index (χ0n) is 34.1. The minimum absolute atomic E-state index is 0. The maximum atomic E-state index is 12.6. The van der Waals surface area contributed by atoms with Gasteiger partial charge in [-0.25, -0.2) is 0 Å². The molecule has 4 aliphatic heterocycles. The zero-order chi connectivity index (χ0) is 45.8. The van der Waals surface area contributed by atoms with Crippen LogP contribution in [0.5, 0.6) is 0 Å². The van der Waals surface area contributed by atoms with E-state index in [9.17, 15) is 79.2 Å². The van der Waals surface area contributed by atoms with Crippen molar-refractivity contribution in [3.8, 4) is 0 Å². The molecule has 0 aliphatic carbocycles. The summed E-state index contributed by atoms with van der Waals surface area (Å²) in [6.07, 6.45) is 0.445. The topological polar surface area (TPSA) is 355 Å². The molecule has 8 bridgehead atoms. The van der Waals surface area contributed by atoms with E-state index in [1.807, 2.05) is 0 Å². The van der Waals surface area contributed by atoms with Crippen molar-refractivity contribution in [3.05, 3.63) is 84.7 Å². The molecule has 5 heterocycles. The summed E-state index contributed by atoms with van der Waals surface area (Å²) in [5, 5.41) is 94.2. The van der Waals surface area contributed by atoms with Crippen molar-refractivity contribution in [2.24, 2.45) is 28.6 Å². The maximum Gasteiger partial charge on any atom is 4.00 e. The quantitative estimate of drug-likeness (QED) is 0.0757. The third kappa shape index (κ3) is 11.2. The van der Waals surface area contributed by atoms with Gasteiger partial charge in [0.25, 0.3) is 0 Å². The van der Waals surface area contributed by atoms with Gasteiger partial charge >= 0.3 is 64.8 Å². The van der Waals surface area contributed by atoms with E-state index in [0.717, 1.165) is 0 Å². The second-order valence-corrected chi connectivity index (χ2v) is 16.3. The number of rotatable bonds is 20. The Bertz CT molecular complexity index is 2250. The molecule has 1 aromatic heterocycles. The van der Waals surface area contributed by atoms with Crippen LogP contribution >= 0.6 is 0 Å². The van der Waals surface area contributed by atoms with Gasteiger partial charge in [0.2, 0.25) is 0 Å². The van der Waals surface area contributed by atoms with Gasteiger partial charge in [-0.2, -0.15) is 22.8 Å². The van der Waals surface area contributed by atoms with Gasteiger partial charge in [-0.1, -0.05) is 49.3 Å². The van der Waals surface area contributed by atoms with Gasteiger partial charge in [0.05, 0.1) is 25.7 Å². The number of allylic oxidation sites excluding steroid dienone is 5. The first-order chi connectivity index (χ1) is 29.0. The minimum Gasteiger partial charge on any atom is -0.678 e. The zero-order valence-corrected chi connectivity index (χ0v) is 35.2. The first-order valence-electron chi connectivity index (χ1n) is 19.7. The number of carboxylic acid groups (broad SMARTS) is 8. The van der Waals surface area contributed by atoms with Gasteiger partial charge in [-0.15, -0.1) is 23.2 Å². The van der Waals surface area contributed by atoms with E-state index in [1.54, 1.807) is 6.92 Å². The monoisotopic (exact) mass is 918 g/mol. The Morgan fingerprint density at radius 3 is 1.70 bits per heavy atom. The molecule has 0 radical (unpaired) electrons. The summed E-state index contributed by atoms with van der Waals surface area (Å²) in [7, 11) is 0. The summed E-state index contributed by atoms with van der Waals surface area (Å²) >= 11 is 0. The third-order valence-corrected chi connectivity index (χ3v) is 12.0. The Morgan fingerprint density at radius 1 is 0.571 bits per heavy atom. The summed E-state index contributed by atoms with van der Waals surface area (Å²) < 4.78 is 0. The number of hydrogen-bond donors (Lipinski definition) is 8. The standard InChI is InChI=1S/C42H46N4O16.Fe/c1-41(17-39(59)60)23(5-9-35(51)52)29-14-27-21(11-37(55)56)19(3-7-33(47)48)25(43-27)13-26-20(4-8-34(49)50)22(12-38(57)58)28(44-26)15-31-42(2,18-40(61)62)24(6-10-36(53)54)30(46-31)16-32(41)45-29;/h13-16,20,22-23,31H,3-12,17-18H2,1-2H3,(H,47,48)(H,49,50)(H,51,52)(H,53,54)(H,55,56)(H,57,58)(H,59,60)(H,61,62);/q-4;+4/b26-13-,28-15+,29-14-,32-16-;/t20-,22+,23-,31?,41+,42+;/m1./s1. The predicted octanol–water partition coefficient (Wildman–Crippen LogP) is 5.41. The maximum absolute atomic E-state index is 12.6. The third-order valence-electron chi connectivity index (χ3n) is 12.0. The van der Waals surface area contributed by atoms with E-state index in [0.29, 0.717) is 0 Å². The summed E-state index contributed by atoms with van der Waals surface area (Å²) in [4.78, 5) is 103. The van der Waals surface area contributed by atoms with Crippen LogP contribution in [0, 0.1) is 28.6 Å². The summed E-state index contributed by atoms with van der Waals surface area (Å²) in [5.74, 6) is -13.0. The van der Waals surface area contributed by atoms with Crippen LogP contribution in [0.3, 0.4) is 0 Å². The molecule has 0 spiro atoms. The molecule has 0 saturated carbocycles. The van der Waals surface area contributed by atoms with E-state index < -0.39 is 134 Å². The molecule has 4 aliphatic rings. The van der Waals surface area contributed by atoms with Crippen molar-refractivity contribution in [1.82, 2.24) is 4.98 Å². The van der Waals surface area contributed by atoms with Gasteiger partial charge in [0, 0.05) is 25.7 Å². The van der Waals surface area contributed by atoms with Crippen molar-refractivity contribution in [1.29, 1.82) is 0 Å². The van der Waals surface area contributed by atoms with Crippen molar-refractivity contribution in [2.75, 3.05) is 0 Å². The average molecular weight is 919 g/mol. The summed E-state index contributed by atoms with van der Waals surface area (Å²) in [6, 6.07) is -1.17. The predicted molar refractivity (Wildman–Crippen MR) is 214 cm³/mol. The minimum atomic E-state index is -1.50. The fourth-order valence-corrected chi connectivity index (χ4v) is 9.13. The largest absolute Gasteiger partial charge is 4.00 e. The van der Waals surface area contributed by atoms with E-state index in [2.05, 4.69) is 0 Å². The number of fused-ring (bicyclic) bond motifs is 8. The number of aliphatic carboxylic acids is 8. The van der Waals surface area contributed by atoms with E-state index in [4.69, 9.17) is 20.9 Å². The molecule has 20 nitrogen and oxygen atoms in total. The molecule has 1 aromatic rings. The molecule has 5 rings (SSSR count). The van der Waals surface area contributed by atoms with Gasteiger partial charge in [-0.05, 0) is 59.8 Å². The Balaban J connectivity index is 0.00000871. The second kappa shape index (κ2) is 19.8. The van der Waals surface area contributed by atoms with Crippen LogP contribution in [0.2, 0.25) is 0 Å². The van der Waals surface area contributed by atoms with Crippen LogP contribution in [-0.4, -0.2) is 94.6 Å². The molecule has 2 saturated heterocycles. The van der Waals surface area contributed by atoms with Gasteiger partial charge in [-0.3, -0.25) is 38.4 Å². The van der Waals surface area contributed by atoms with Crippen molar-refractivity contribution in [2.45, 2.75) is 96.9 Å². The first-order valence-corrected chi connectivity index (χ1v) is 19.7. The fourth-order valence-electron chi connectivity index (χ4n) is 9.13. The van der Waals surface area contributed by atoms with E-state index >= 15 is 0 Å². The van der Waals surface area contributed by atoms with Gasteiger partial charge in [0.1, 0.15) is 0 Å². The summed E-state index contributed by atoms with van der Waals surface area (Å²) in [5.41, 5.74) is -2.14. The van der Waals surface area contributed by atoms with Crippen LogP contribution in [0.15, 0.2) is 46.2 Å². The molecule has 338 valence electrons. The van der Waals surface area contributed by atoms with Crippen molar-refractivity contribution in [3.63, 3.8) is 0 Å². The molecule has 1 unspecified atom stereocenters. The van der Waals surface area contributed by atoms with Gasteiger partial charge in [0.15, 0.2) is 0 Å². The Labute approximate surface area is 370 Å². The second-order valence-electron chi connectivity index (χ2n) is 16.3. The molecule has 21 heteroatoms. The van der Waals surface area contributed by atoms with Crippen LogP contribution < -0.4 is 4.98 Å². The van der Waals surface area contributed by atoms with E-state index in [1.165, 1.54) is 31.2 Å². The molecule has 8 N–H and O–H groups in total. The number of aromatic nitrogens is 1. The molecule has 63 heavy (non-hydrogen) atoms. The summed E-state index contributed by atoms with van der Waals surface area (Å²) in [6.45, 7) is 3.08. The van der Waals surface area contributed by atoms with Gasteiger partial charge < -0.3 is 61.8 Å². The number of hydrogen-bond acceptors (Lipinski definition) is 8. The van der Waals surface area contributed by atoms with E-state index in [-0.39, 0.29) is 99.3 Å².